The van der Waals surface area contributed by atoms with Gasteiger partial charge in [-0.05, 0) is 61.7 Å². The molecule has 0 heterocycles. The van der Waals surface area contributed by atoms with Crippen LogP contribution in [0.3, 0.4) is 0 Å². The second kappa shape index (κ2) is 6.23. The number of rotatable bonds is 4. The van der Waals surface area contributed by atoms with Crippen LogP contribution in [0.2, 0.25) is 0 Å². The maximum absolute atomic E-state index is 10.9. The van der Waals surface area contributed by atoms with Crippen LogP contribution in [0, 0.1) is 10.1 Å². The molecule has 0 aliphatic carbocycles. The highest BCUT2D eigenvalue weighted by molar-refractivity contribution is 9.13. The van der Waals surface area contributed by atoms with Gasteiger partial charge in [0.1, 0.15) is 11.4 Å². The average Bonchev–Trinajstić information content (AvgIpc) is 2.41. The number of aromatic hydroxyl groups is 1. The number of phenolic OH excluding ortho intramolecular Hbond substituents is 1. The van der Waals surface area contributed by atoms with E-state index < -0.39 is 4.92 Å². The predicted octanol–water partition coefficient (Wildman–Crippen LogP) is 4.44. The predicted molar refractivity (Wildman–Crippen MR) is 83.9 cm³/mol. The van der Waals surface area contributed by atoms with Crippen LogP contribution >= 0.6 is 31.9 Å². The van der Waals surface area contributed by atoms with Crippen LogP contribution in [0.25, 0.3) is 0 Å². The fraction of sp³-hybridized carbons (Fsp3) is 0.0769. The Morgan fingerprint density at radius 1 is 1.15 bits per heavy atom. The van der Waals surface area contributed by atoms with E-state index in [1.807, 2.05) is 18.2 Å². The molecule has 0 amide bonds. The molecular weight excluding hydrogens is 392 g/mol. The third-order valence-electron chi connectivity index (χ3n) is 2.64. The first-order valence-electron chi connectivity index (χ1n) is 5.62. The molecule has 0 unspecified atom stereocenters. The molecule has 0 bridgehead atoms. The lowest BCUT2D eigenvalue weighted by atomic mass is 10.2. The SMILES string of the molecule is O=[N+]([O-])c1cc(O)ccc1NCc1ccc(Br)c(Br)c1. The third kappa shape index (κ3) is 3.49. The first kappa shape index (κ1) is 14.8. The van der Waals surface area contributed by atoms with Crippen LogP contribution in [0.15, 0.2) is 45.3 Å². The van der Waals surface area contributed by atoms with Crippen molar-refractivity contribution in [2.75, 3.05) is 5.32 Å². The Hall–Kier alpha value is -1.60. The lowest BCUT2D eigenvalue weighted by Crippen LogP contribution is -2.02. The van der Waals surface area contributed by atoms with Gasteiger partial charge >= 0.3 is 0 Å². The summed E-state index contributed by atoms with van der Waals surface area (Å²) in [4.78, 5) is 10.4. The molecule has 5 nitrogen and oxygen atoms in total. The Kier molecular flexibility index (Phi) is 4.61. The average molecular weight is 402 g/mol. The third-order valence-corrected chi connectivity index (χ3v) is 4.52. The van der Waals surface area contributed by atoms with E-state index >= 15 is 0 Å². The Balaban J connectivity index is 2.18. The molecule has 2 rings (SSSR count). The van der Waals surface area contributed by atoms with Gasteiger partial charge in [0.2, 0.25) is 0 Å². The van der Waals surface area contributed by atoms with Crippen molar-refractivity contribution in [2.24, 2.45) is 0 Å². The molecule has 0 aliphatic rings. The van der Waals surface area contributed by atoms with Gasteiger partial charge in [-0.2, -0.15) is 0 Å². The molecule has 0 spiro atoms. The zero-order chi connectivity index (χ0) is 14.7. The molecule has 20 heavy (non-hydrogen) atoms. The lowest BCUT2D eigenvalue weighted by Gasteiger charge is -2.08. The Labute approximate surface area is 132 Å². The fourth-order valence-corrected chi connectivity index (χ4v) is 2.34. The summed E-state index contributed by atoms with van der Waals surface area (Å²) >= 11 is 6.78. The van der Waals surface area contributed by atoms with Gasteiger partial charge in [0.25, 0.3) is 5.69 Å². The van der Waals surface area contributed by atoms with Crippen LogP contribution in [0.1, 0.15) is 5.56 Å². The minimum Gasteiger partial charge on any atom is -0.508 e. The summed E-state index contributed by atoms with van der Waals surface area (Å²) in [7, 11) is 0. The van der Waals surface area contributed by atoms with E-state index in [2.05, 4.69) is 37.2 Å². The molecule has 0 saturated heterocycles. The zero-order valence-electron chi connectivity index (χ0n) is 10.1. The van der Waals surface area contributed by atoms with E-state index in [1.165, 1.54) is 12.1 Å². The summed E-state index contributed by atoms with van der Waals surface area (Å²) in [5.74, 6) is -0.131. The molecule has 104 valence electrons. The van der Waals surface area contributed by atoms with Gasteiger partial charge in [0.05, 0.1) is 11.0 Å². The molecule has 0 saturated carbocycles. The van der Waals surface area contributed by atoms with Crippen molar-refractivity contribution >= 4 is 43.2 Å². The van der Waals surface area contributed by atoms with Crippen LogP contribution < -0.4 is 5.32 Å². The van der Waals surface area contributed by atoms with E-state index in [1.54, 1.807) is 0 Å². The summed E-state index contributed by atoms with van der Waals surface area (Å²) in [6.45, 7) is 0.442. The van der Waals surface area contributed by atoms with Crippen molar-refractivity contribution in [3.63, 3.8) is 0 Å². The summed E-state index contributed by atoms with van der Waals surface area (Å²) in [5.41, 5.74) is 1.19. The molecule has 0 aliphatic heterocycles. The fourth-order valence-electron chi connectivity index (χ4n) is 1.67. The highest BCUT2D eigenvalue weighted by atomic mass is 79.9. The number of nitrogens with one attached hydrogen (secondary N) is 1. The maximum atomic E-state index is 10.9. The number of anilines is 1. The first-order valence-corrected chi connectivity index (χ1v) is 7.21. The lowest BCUT2D eigenvalue weighted by molar-refractivity contribution is -0.384. The van der Waals surface area contributed by atoms with Crippen LogP contribution in [0.4, 0.5) is 11.4 Å². The molecule has 2 N–H and O–H groups in total. The number of halogens is 2. The van der Waals surface area contributed by atoms with E-state index in [0.717, 1.165) is 20.6 Å². The molecule has 2 aromatic rings. The highest BCUT2D eigenvalue weighted by Gasteiger charge is 2.14. The minimum atomic E-state index is -0.528. The van der Waals surface area contributed by atoms with E-state index in [-0.39, 0.29) is 11.4 Å². The largest absolute Gasteiger partial charge is 0.508 e. The molecule has 0 aromatic heterocycles. The normalized spacial score (nSPS) is 10.3. The van der Waals surface area contributed by atoms with Crippen LogP contribution in [0.5, 0.6) is 5.75 Å². The number of benzene rings is 2. The van der Waals surface area contributed by atoms with Gasteiger partial charge in [-0.25, -0.2) is 0 Å². The smallest absolute Gasteiger partial charge is 0.296 e. The number of hydrogen-bond donors (Lipinski definition) is 2. The van der Waals surface area contributed by atoms with Crippen molar-refractivity contribution in [1.82, 2.24) is 0 Å². The zero-order valence-corrected chi connectivity index (χ0v) is 13.3. The Bertz CT molecular complexity index is 662. The van der Waals surface area contributed by atoms with E-state index in [9.17, 15) is 15.2 Å². The number of nitrogens with zero attached hydrogens (tertiary/aromatic N) is 1. The van der Waals surface area contributed by atoms with Crippen molar-refractivity contribution < 1.29 is 10.0 Å². The topological polar surface area (TPSA) is 75.4 Å². The van der Waals surface area contributed by atoms with E-state index in [0.29, 0.717) is 12.2 Å². The summed E-state index contributed by atoms with van der Waals surface area (Å²) in [6, 6.07) is 9.75. The van der Waals surface area contributed by atoms with Gasteiger partial charge in [-0.1, -0.05) is 6.07 Å². The Morgan fingerprint density at radius 3 is 2.55 bits per heavy atom. The number of hydrogen-bond acceptors (Lipinski definition) is 4. The molecule has 2 aromatic carbocycles. The molecule has 7 heteroatoms. The molecular formula is C13H10Br2N2O3. The summed E-state index contributed by atoms with van der Waals surface area (Å²) in [5, 5.41) is 23.2. The quantitative estimate of drug-likeness (QED) is 0.451. The second-order valence-electron chi connectivity index (χ2n) is 4.06. The van der Waals surface area contributed by atoms with E-state index in [4.69, 9.17) is 0 Å². The summed E-state index contributed by atoms with van der Waals surface area (Å²) < 4.78 is 1.86. The van der Waals surface area contributed by atoms with Gasteiger partial charge < -0.3 is 10.4 Å². The number of nitro groups is 1. The van der Waals surface area contributed by atoms with Crippen molar-refractivity contribution in [1.29, 1.82) is 0 Å². The standard InChI is InChI=1S/C13H10Br2N2O3/c14-10-3-1-8(5-11(10)15)7-16-12-4-2-9(18)6-13(12)17(19)20/h1-6,16,18H,7H2. The van der Waals surface area contributed by atoms with Crippen LogP contribution in [-0.2, 0) is 6.54 Å². The van der Waals surface area contributed by atoms with Gasteiger partial charge in [-0.3, -0.25) is 10.1 Å². The second-order valence-corrected chi connectivity index (χ2v) is 5.77. The van der Waals surface area contributed by atoms with Crippen molar-refractivity contribution in [2.45, 2.75) is 6.54 Å². The molecule has 0 fully saturated rings. The van der Waals surface area contributed by atoms with Crippen molar-refractivity contribution in [3.05, 3.63) is 61.0 Å². The Morgan fingerprint density at radius 2 is 1.90 bits per heavy atom. The van der Waals surface area contributed by atoms with Crippen LogP contribution in [-0.4, -0.2) is 10.0 Å². The molecule has 0 atom stereocenters. The highest BCUT2D eigenvalue weighted by Crippen LogP contribution is 2.29. The van der Waals surface area contributed by atoms with Gasteiger partial charge in [0.15, 0.2) is 0 Å². The monoisotopic (exact) mass is 400 g/mol. The number of phenols is 1. The first-order chi connectivity index (χ1) is 9.47. The molecule has 0 radical (unpaired) electrons. The van der Waals surface area contributed by atoms with Crippen molar-refractivity contribution in [3.8, 4) is 5.75 Å². The van der Waals surface area contributed by atoms with Gasteiger partial charge in [0, 0.05) is 15.5 Å². The van der Waals surface area contributed by atoms with Gasteiger partial charge in [-0.15, -0.1) is 0 Å². The summed E-state index contributed by atoms with van der Waals surface area (Å²) in [6.07, 6.45) is 0. The maximum Gasteiger partial charge on any atom is 0.296 e. The minimum absolute atomic E-state index is 0.131. The number of nitro benzene ring substituents is 1.